The zero-order chi connectivity index (χ0) is 30.5. The van der Waals surface area contributed by atoms with E-state index in [0.29, 0.717) is 50.6 Å². The summed E-state index contributed by atoms with van der Waals surface area (Å²) >= 11 is 13.0. The lowest BCUT2D eigenvalue weighted by atomic mass is 9.78. The molecule has 2 saturated carbocycles. The average molecular weight is 637 g/mol. The van der Waals surface area contributed by atoms with E-state index >= 15 is 0 Å². The van der Waals surface area contributed by atoms with Gasteiger partial charge in [-0.05, 0) is 62.4 Å². The highest BCUT2D eigenvalue weighted by atomic mass is 35.5. The molecular formula is C32H31Cl2N5O5. The first-order valence-corrected chi connectivity index (χ1v) is 15.4. The molecule has 2 aliphatic carbocycles. The molecule has 0 radical (unpaired) electrons. The van der Waals surface area contributed by atoms with Crippen LogP contribution in [-0.2, 0) is 23.1 Å². The number of esters is 1. The number of nitrogens with one attached hydrogen (secondary N) is 1. The minimum atomic E-state index is -0.456. The summed E-state index contributed by atoms with van der Waals surface area (Å²) in [5.74, 6) is 0.736. The zero-order valence-electron chi connectivity index (χ0n) is 24.3. The highest BCUT2D eigenvalue weighted by Gasteiger charge is 2.48. The second-order valence-electron chi connectivity index (χ2n) is 11.7. The molecular weight excluding hydrogens is 605 g/mol. The van der Waals surface area contributed by atoms with Crippen molar-refractivity contribution in [3.05, 3.63) is 75.7 Å². The number of carbonyl (C=O) groups is 2. The number of halogens is 2. The van der Waals surface area contributed by atoms with Gasteiger partial charge in [0.05, 0.1) is 41.6 Å². The fraction of sp³-hybridized carbons (Fsp3) is 0.375. The number of ether oxygens (including phenoxy) is 2. The van der Waals surface area contributed by atoms with Gasteiger partial charge < -0.3 is 24.2 Å². The molecule has 8 rings (SSSR count). The predicted molar refractivity (Wildman–Crippen MR) is 165 cm³/mol. The molecule has 2 unspecified atom stereocenters. The minimum absolute atomic E-state index is 0.00385. The van der Waals surface area contributed by atoms with Crippen molar-refractivity contribution in [3.63, 3.8) is 0 Å². The molecule has 10 nitrogen and oxygen atoms in total. The molecule has 2 atom stereocenters. The van der Waals surface area contributed by atoms with Crippen molar-refractivity contribution in [1.29, 1.82) is 0 Å². The van der Waals surface area contributed by atoms with Gasteiger partial charge in [-0.1, -0.05) is 34.4 Å². The third-order valence-corrected chi connectivity index (χ3v) is 9.39. The first kappa shape index (κ1) is 28.9. The second-order valence-corrected chi connectivity index (χ2v) is 12.5. The number of hydrogen-bond donors (Lipinski definition) is 1. The van der Waals surface area contributed by atoms with Crippen LogP contribution in [0.1, 0.15) is 59.7 Å². The van der Waals surface area contributed by atoms with Gasteiger partial charge in [0.25, 0.3) is 0 Å². The summed E-state index contributed by atoms with van der Waals surface area (Å²) in [6.07, 6.45) is 8.01. The van der Waals surface area contributed by atoms with Crippen molar-refractivity contribution < 1.29 is 23.6 Å². The summed E-state index contributed by atoms with van der Waals surface area (Å²) in [7, 11) is 3.15. The molecule has 44 heavy (non-hydrogen) atoms. The fourth-order valence-corrected chi connectivity index (χ4v) is 7.01. The Morgan fingerprint density at radius 1 is 1.09 bits per heavy atom. The van der Waals surface area contributed by atoms with Gasteiger partial charge in [-0.2, -0.15) is 5.10 Å². The number of aromatic nitrogens is 3. The molecule has 2 saturated heterocycles. The summed E-state index contributed by atoms with van der Waals surface area (Å²) in [6, 6.07) is 10.5. The lowest BCUT2D eigenvalue weighted by Crippen LogP contribution is -2.65. The smallest absolute Gasteiger partial charge is 0.338 e. The van der Waals surface area contributed by atoms with E-state index in [1.54, 1.807) is 54.3 Å². The maximum absolute atomic E-state index is 13.4. The number of benzene rings is 2. The molecule has 4 fully saturated rings. The Hall–Kier alpha value is -3.86. The number of aryl methyl sites for hydroxylation is 1. The van der Waals surface area contributed by atoms with Crippen LogP contribution in [0, 0.1) is 0 Å². The molecule has 4 heterocycles. The van der Waals surface area contributed by atoms with Gasteiger partial charge in [-0.25, -0.2) is 9.59 Å². The normalized spacial score (nSPS) is 20.7. The Morgan fingerprint density at radius 3 is 2.50 bits per heavy atom. The third kappa shape index (κ3) is 5.35. The SMILES string of the molecule is COC(=O)c1ccc(NC(=O)N2C3CC(OCc4c(-c5c(Cl)cccc5Cl)noc4C4CC4)CC2C3)cc1-c1cnn(C)c1. The van der Waals surface area contributed by atoms with Crippen LogP contribution in [-0.4, -0.2) is 57.1 Å². The topological polar surface area (TPSA) is 112 Å². The first-order valence-electron chi connectivity index (χ1n) is 14.7. The van der Waals surface area contributed by atoms with Crippen molar-refractivity contribution in [2.75, 3.05) is 12.4 Å². The zero-order valence-corrected chi connectivity index (χ0v) is 25.8. The standard InChI is InChI=1S/C32H31Cl2N5O5/c1-38-15-18(14-35-38)24-10-19(8-9-23(24)31(40)42-2)36-32(41)39-20-11-21(39)13-22(12-20)43-16-25-29(37-44-30(25)17-6-7-17)28-26(33)4-3-5-27(28)34/h3-5,8-10,14-15,17,20-22H,6-7,11-13,16H2,1-2H3,(H,36,41). The monoisotopic (exact) mass is 635 g/mol. The van der Waals surface area contributed by atoms with Gasteiger partial charge in [-0.15, -0.1) is 0 Å². The quantitative estimate of drug-likeness (QED) is 0.206. The third-order valence-electron chi connectivity index (χ3n) is 8.76. The van der Waals surface area contributed by atoms with Crippen molar-refractivity contribution in [1.82, 2.24) is 19.8 Å². The molecule has 1 N–H and O–H groups in total. The number of methoxy groups -OCH3 is 1. The molecule has 228 valence electrons. The molecule has 4 aliphatic rings. The van der Waals surface area contributed by atoms with Gasteiger partial charge in [0.1, 0.15) is 11.5 Å². The van der Waals surface area contributed by atoms with Crippen LogP contribution in [0.5, 0.6) is 0 Å². The van der Waals surface area contributed by atoms with Gasteiger partial charge in [-0.3, -0.25) is 4.68 Å². The Balaban J connectivity index is 1.02. The molecule has 2 bridgehead atoms. The lowest BCUT2D eigenvalue weighted by molar-refractivity contribution is -0.0837. The maximum atomic E-state index is 13.4. The van der Waals surface area contributed by atoms with Crippen molar-refractivity contribution >= 4 is 40.9 Å². The van der Waals surface area contributed by atoms with E-state index in [0.717, 1.165) is 49.0 Å². The summed E-state index contributed by atoms with van der Waals surface area (Å²) < 4.78 is 18.9. The molecule has 2 aromatic carbocycles. The van der Waals surface area contributed by atoms with Crippen LogP contribution in [0.2, 0.25) is 10.0 Å². The Kier molecular flexibility index (Phi) is 7.60. The largest absolute Gasteiger partial charge is 0.465 e. The Labute approximate surface area is 264 Å². The number of fused-ring (bicyclic) bond motifs is 2. The second kappa shape index (κ2) is 11.6. The van der Waals surface area contributed by atoms with Crippen LogP contribution in [0.3, 0.4) is 0 Å². The lowest BCUT2D eigenvalue weighted by Gasteiger charge is -2.54. The van der Waals surface area contributed by atoms with Crippen molar-refractivity contribution in [2.24, 2.45) is 7.05 Å². The maximum Gasteiger partial charge on any atom is 0.338 e. The molecule has 2 aromatic heterocycles. The van der Waals surface area contributed by atoms with Crippen molar-refractivity contribution in [3.8, 4) is 22.4 Å². The Bertz CT molecular complexity index is 1720. The van der Waals surface area contributed by atoms with Gasteiger partial charge in [0.2, 0.25) is 0 Å². The van der Waals surface area contributed by atoms with Crippen LogP contribution >= 0.6 is 23.2 Å². The van der Waals surface area contributed by atoms with Crippen LogP contribution < -0.4 is 5.32 Å². The fourth-order valence-electron chi connectivity index (χ4n) is 6.44. The molecule has 0 spiro atoms. The van der Waals surface area contributed by atoms with Crippen LogP contribution in [0.25, 0.3) is 22.4 Å². The number of urea groups is 1. The van der Waals surface area contributed by atoms with Crippen LogP contribution in [0.15, 0.2) is 53.3 Å². The number of hydrogen-bond acceptors (Lipinski definition) is 7. The molecule has 2 amide bonds. The minimum Gasteiger partial charge on any atom is -0.465 e. The highest BCUT2D eigenvalue weighted by Crippen LogP contribution is 2.47. The van der Waals surface area contributed by atoms with Crippen molar-refractivity contribution in [2.45, 2.75) is 62.8 Å². The van der Waals surface area contributed by atoms with E-state index in [1.807, 2.05) is 11.1 Å². The van der Waals surface area contributed by atoms with Gasteiger partial charge in [0, 0.05) is 59.2 Å². The van der Waals surface area contributed by atoms with E-state index in [1.165, 1.54) is 7.11 Å². The number of rotatable bonds is 8. The average Bonchev–Trinajstić information content (AvgIpc) is 3.62. The van der Waals surface area contributed by atoms with Gasteiger partial charge >= 0.3 is 12.0 Å². The summed E-state index contributed by atoms with van der Waals surface area (Å²) in [5.41, 5.74) is 4.57. The van der Waals surface area contributed by atoms with E-state index in [2.05, 4.69) is 15.6 Å². The number of amides is 2. The highest BCUT2D eigenvalue weighted by molar-refractivity contribution is 6.39. The summed E-state index contributed by atoms with van der Waals surface area (Å²) in [5, 5.41) is 12.6. The number of piperidine rings is 1. The number of anilines is 1. The number of nitrogens with zero attached hydrogens (tertiary/aromatic N) is 4. The van der Waals surface area contributed by atoms with Gasteiger partial charge in [0.15, 0.2) is 0 Å². The number of carbonyl (C=O) groups excluding carboxylic acids is 2. The molecule has 2 aliphatic heterocycles. The predicted octanol–water partition coefficient (Wildman–Crippen LogP) is 7.07. The molecule has 4 aromatic rings. The molecule has 12 heteroatoms. The van der Waals surface area contributed by atoms with E-state index in [4.69, 9.17) is 37.2 Å². The Morgan fingerprint density at radius 2 is 1.84 bits per heavy atom. The summed E-state index contributed by atoms with van der Waals surface area (Å²) in [6.45, 7) is 0.339. The summed E-state index contributed by atoms with van der Waals surface area (Å²) in [4.78, 5) is 27.7. The van der Waals surface area contributed by atoms with E-state index in [-0.39, 0.29) is 24.2 Å². The van der Waals surface area contributed by atoms with E-state index < -0.39 is 5.97 Å². The first-order chi connectivity index (χ1) is 21.3. The van der Waals surface area contributed by atoms with E-state index in [9.17, 15) is 9.59 Å². The van der Waals surface area contributed by atoms with Crippen LogP contribution in [0.4, 0.5) is 10.5 Å².